The van der Waals surface area contributed by atoms with Gasteiger partial charge in [0.25, 0.3) is 0 Å². The SMILES string of the molecule is Cc1n[c]c(-c2cccc(OCCCCN(C)C)c2)s1. The molecule has 20 heavy (non-hydrogen) atoms. The number of hydrogen-bond acceptors (Lipinski definition) is 4. The summed E-state index contributed by atoms with van der Waals surface area (Å²) in [7, 11) is 4.19. The quantitative estimate of drug-likeness (QED) is 0.728. The van der Waals surface area contributed by atoms with Crippen LogP contribution in [0.15, 0.2) is 24.3 Å². The minimum absolute atomic E-state index is 0.767. The van der Waals surface area contributed by atoms with E-state index in [1.54, 1.807) is 11.3 Å². The molecule has 1 aromatic heterocycles. The van der Waals surface area contributed by atoms with Crippen molar-refractivity contribution in [2.75, 3.05) is 27.2 Å². The average Bonchev–Trinajstić information content (AvgIpc) is 2.85. The molecule has 1 heterocycles. The number of ether oxygens (including phenoxy) is 1. The molecule has 1 radical (unpaired) electrons. The summed E-state index contributed by atoms with van der Waals surface area (Å²) >= 11 is 1.66. The van der Waals surface area contributed by atoms with E-state index in [2.05, 4.69) is 42.3 Å². The smallest absolute Gasteiger partial charge is 0.119 e. The Bertz CT molecular complexity index is 537. The van der Waals surface area contributed by atoms with Gasteiger partial charge >= 0.3 is 0 Å². The van der Waals surface area contributed by atoms with Gasteiger partial charge in [0.2, 0.25) is 0 Å². The van der Waals surface area contributed by atoms with Crippen molar-refractivity contribution < 1.29 is 4.74 Å². The number of unbranched alkanes of at least 4 members (excludes halogenated alkanes) is 1. The summed E-state index contributed by atoms with van der Waals surface area (Å²) in [5, 5.41) is 1.04. The van der Waals surface area contributed by atoms with E-state index in [0.717, 1.165) is 47.2 Å². The van der Waals surface area contributed by atoms with Gasteiger partial charge in [-0.15, -0.1) is 11.3 Å². The van der Waals surface area contributed by atoms with Gasteiger partial charge in [0.1, 0.15) is 11.9 Å². The molecular formula is C16H21N2OS. The van der Waals surface area contributed by atoms with Crippen LogP contribution in [0.1, 0.15) is 17.8 Å². The first-order chi connectivity index (χ1) is 9.65. The van der Waals surface area contributed by atoms with E-state index in [1.165, 1.54) is 0 Å². The maximum absolute atomic E-state index is 5.81. The van der Waals surface area contributed by atoms with Gasteiger partial charge in [-0.3, -0.25) is 0 Å². The van der Waals surface area contributed by atoms with Crippen LogP contribution in [0.3, 0.4) is 0 Å². The van der Waals surface area contributed by atoms with Gasteiger partial charge in [0.15, 0.2) is 0 Å². The first-order valence-electron chi connectivity index (χ1n) is 6.88. The Balaban J connectivity index is 1.87. The molecule has 0 aliphatic carbocycles. The molecule has 3 nitrogen and oxygen atoms in total. The van der Waals surface area contributed by atoms with Crippen molar-refractivity contribution in [3.05, 3.63) is 35.5 Å². The summed E-state index contributed by atoms with van der Waals surface area (Å²) in [6.45, 7) is 3.87. The first kappa shape index (κ1) is 15.0. The Morgan fingerprint density at radius 2 is 2.15 bits per heavy atom. The van der Waals surface area contributed by atoms with Crippen LogP contribution in [-0.4, -0.2) is 37.1 Å². The van der Waals surface area contributed by atoms with Crippen LogP contribution >= 0.6 is 11.3 Å². The molecule has 0 aliphatic rings. The molecule has 0 aliphatic heterocycles. The van der Waals surface area contributed by atoms with Gasteiger partial charge in [0, 0.05) is 0 Å². The molecule has 2 rings (SSSR count). The number of aromatic nitrogens is 1. The summed E-state index contributed by atoms with van der Waals surface area (Å²) in [6.07, 6.45) is 5.28. The zero-order chi connectivity index (χ0) is 14.4. The third-order valence-electron chi connectivity index (χ3n) is 2.93. The second kappa shape index (κ2) is 7.41. The van der Waals surface area contributed by atoms with E-state index in [1.807, 2.05) is 19.1 Å². The van der Waals surface area contributed by atoms with E-state index < -0.39 is 0 Å². The van der Waals surface area contributed by atoms with Crippen molar-refractivity contribution >= 4 is 11.3 Å². The fourth-order valence-corrected chi connectivity index (χ4v) is 2.62. The summed E-state index contributed by atoms with van der Waals surface area (Å²) < 4.78 is 5.81. The van der Waals surface area contributed by atoms with Crippen LogP contribution in [-0.2, 0) is 0 Å². The highest BCUT2D eigenvalue weighted by atomic mass is 32.1. The van der Waals surface area contributed by atoms with Gasteiger partial charge in [-0.05, 0) is 58.1 Å². The molecule has 0 saturated carbocycles. The lowest BCUT2D eigenvalue weighted by molar-refractivity contribution is 0.293. The zero-order valence-corrected chi connectivity index (χ0v) is 13.2. The highest BCUT2D eigenvalue weighted by Crippen LogP contribution is 2.28. The number of benzene rings is 1. The maximum Gasteiger partial charge on any atom is 0.119 e. The van der Waals surface area contributed by atoms with Gasteiger partial charge in [-0.25, -0.2) is 4.98 Å². The minimum atomic E-state index is 0.767. The number of rotatable bonds is 7. The van der Waals surface area contributed by atoms with Crippen molar-refractivity contribution in [1.82, 2.24) is 9.88 Å². The lowest BCUT2D eigenvalue weighted by Crippen LogP contribution is -2.13. The predicted molar refractivity (Wildman–Crippen MR) is 84.4 cm³/mol. The van der Waals surface area contributed by atoms with E-state index in [9.17, 15) is 0 Å². The van der Waals surface area contributed by atoms with Crippen molar-refractivity contribution in [3.8, 4) is 16.2 Å². The molecule has 1 aromatic carbocycles. The molecule has 0 atom stereocenters. The van der Waals surface area contributed by atoms with Gasteiger partial charge in [0.05, 0.1) is 16.5 Å². The molecule has 4 heteroatoms. The molecule has 0 spiro atoms. The van der Waals surface area contributed by atoms with Crippen molar-refractivity contribution in [2.45, 2.75) is 19.8 Å². The monoisotopic (exact) mass is 289 g/mol. The molecule has 0 fully saturated rings. The molecule has 2 aromatic rings. The number of thiazole rings is 1. The predicted octanol–water partition coefficient (Wildman–Crippen LogP) is 3.64. The first-order valence-corrected chi connectivity index (χ1v) is 7.70. The van der Waals surface area contributed by atoms with Crippen LogP contribution in [0, 0.1) is 13.1 Å². The normalized spacial score (nSPS) is 11.0. The molecule has 0 unspecified atom stereocenters. The summed E-state index contributed by atoms with van der Waals surface area (Å²) in [5.41, 5.74) is 1.13. The van der Waals surface area contributed by atoms with Crippen molar-refractivity contribution in [3.63, 3.8) is 0 Å². The average molecular weight is 289 g/mol. The highest BCUT2D eigenvalue weighted by Gasteiger charge is 2.04. The zero-order valence-electron chi connectivity index (χ0n) is 12.3. The second-order valence-corrected chi connectivity index (χ2v) is 6.26. The Morgan fingerprint density at radius 1 is 1.30 bits per heavy atom. The summed E-state index contributed by atoms with van der Waals surface area (Å²) in [6, 6.07) is 8.16. The molecule has 0 saturated heterocycles. The maximum atomic E-state index is 5.81. The standard InChI is InChI=1S/C16H21N2OS/c1-13-17-12-16(20-13)14-7-6-8-15(11-14)19-10-5-4-9-18(2)3/h6-8,11H,4-5,9-10H2,1-3H3. The van der Waals surface area contributed by atoms with Crippen LogP contribution in [0.5, 0.6) is 5.75 Å². The van der Waals surface area contributed by atoms with E-state index in [-0.39, 0.29) is 0 Å². The van der Waals surface area contributed by atoms with Crippen molar-refractivity contribution in [2.24, 2.45) is 0 Å². The topological polar surface area (TPSA) is 25.4 Å². The molecule has 0 amide bonds. The fraction of sp³-hybridized carbons (Fsp3) is 0.438. The molecule has 0 N–H and O–H groups in total. The number of aryl methyl sites for hydroxylation is 1. The van der Waals surface area contributed by atoms with E-state index >= 15 is 0 Å². The van der Waals surface area contributed by atoms with Crippen LogP contribution in [0.4, 0.5) is 0 Å². The third kappa shape index (κ3) is 4.62. The van der Waals surface area contributed by atoms with Crippen LogP contribution in [0.2, 0.25) is 0 Å². The van der Waals surface area contributed by atoms with Crippen LogP contribution in [0.25, 0.3) is 10.4 Å². The van der Waals surface area contributed by atoms with Crippen molar-refractivity contribution in [1.29, 1.82) is 0 Å². The Hall–Kier alpha value is -1.39. The largest absolute Gasteiger partial charge is 0.494 e. The Kier molecular flexibility index (Phi) is 5.56. The van der Waals surface area contributed by atoms with E-state index in [0.29, 0.717) is 0 Å². The molecule has 107 valence electrons. The molecular weight excluding hydrogens is 268 g/mol. The Labute approximate surface area is 125 Å². The van der Waals surface area contributed by atoms with Crippen LogP contribution < -0.4 is 4.74 Å². The lowest BCUT2D eigenvalue weighted by atomic mass is 10.2. The third-order valence-corrected chi connectivity index (χ3v) is 3.85. The fourth-order valence-electron chi connectivity index (χ4n) is 1.89. The van der Waals surface area contributed by atoms with E-state index in [4.69, 9.17) is 4.74 Å². The minimum Gasteiger partial charge on any atom is -0.494 e. The summed E-state index contributed by atoms with van der Waals surface area (Å²) in [4.78, 5) is 7.44. The number of hydrogen-bond donors (Lipinski definition) is 0. The lowest BCUT2D eigenvalue weighted by Gasteiger charge is -2.10. The molecule has 0 bridgehead atoms. The Morgan fingerprint density at radius 3 is 2.85 bits per heavy atom. The second-order valence-electron chi connectivity index (χ2n) is 5.06. The highest BCUT2D eigenvalue weighted by molar-refractivity contribution is 7.15. The van der Waals surface area contributed by atoms with Gasteiger partial charge in [-0.1, -0.05) is 12.1 Å². The summed E-state index contributed by atoms with van der Waals surface area (Å²) in [5.74, 6) is 0.923. The van der Waals surface area contributed by atoms with Gasteiger partial charge < -0.3 is 9.64 Å². The van der Waals surface area contributed by atoms with Gasteiger partial charge in [-0.2, -0.15) is 0 Å². The number of nitrogens with zero attached hydrogens (tertiary/aromatic N) is 2.